The van der Waals surface area contributed by atoms with Crippen molar-refractivity contribution in [3.8, 4) is 0 Å². The number of rotatable bonds is 2. The molecule has 2 heterocycles. The number of carbonyl (C=O) groups excluding carboxylic acids is 1. The SMILES string of the molecule is Cc1nccc(N2CCC[C@H](C(=O)N(C)C)C2)n1. The quantitative estimate of drug-likeness (QED) is 0.786. The number of aryl methyl sites for hydroxylation is 1. The van der Waals surface area contributed by atoms with Gasteiger partial charge in [-0.05, 0) is 25.8 Å². The van der Waals surface area contributed by atoms with Gasteiger partial charge in [0.1, 0.15) is 11.6 Å². The van der Waals surface area contributed by atoms with Crippen LogP contribution in [0.25, 0.3) is 0 Å². The van der Waals surface area contributed by atoms with Crippen LogP contribution in [0, 0.1) is 12.8 Å². The molecule has 1 aliphatic rings. The maximum absolute atomic E-state index is 12.0. The number of anilines is 1. The van der Waals surface area contributed by atoms with Crippen molar-refractivity contribution in [2.45, 2.75) is 19.8 Å². The van der Waals surface area contributed by atoms with Gasteiger partial charge in [0, 0.05) is 33.4 Å². The summed E-state index contributed by atoms with van der Waals surface area (Å²) in [5, 5.41) is 0. The van der Waals surface area contributed by atoms with E-state index in [-0.39, 0.29) is 11.8 Å². The lowest BCUT2D eigenvalue weighted by atomic mass is 9.97. The number of hydrogen-bond donors (Lipinski definition) is 0. The van der Waals surface area contributed by atoms with Gasteiger partial charge in [0.2, 0.25) is 5.91 Å². The largest absolute Gasteiger partial charge is 0.356 e. The van der Waals surface area contributed by atoms with E-state index in [9.17, 15) is 4.79 Å². The van der Waals surface area contributed by atoms with E-state index in [1.165, 1.54) is 0 Å². The Kier molecular flexibility index (Phi) is 3.79. The summed E-state index contributed by atoms with van der Waals surface area (Å²) in [7, 11) is 3.63. The third-order valence-corrected chi connectivity index (χ3v) is 3.30. The molecule has 1 amide bonds. The molecule has 0 aromatic carbocycles. The first kappa shape index (κ1) is 12.8. The summed E-state index contributed by atoms with van der Waals surface area (Å²) < 4.78 is 0. The molecule has 98 valence electrons. The molecule has 2 rings (SSSR count). The number of hydrogen-bond acceptors (Lipinski definition) is 4. The molecule has 1 atom stereocenters. The average molecular weight is 248 g/mol. The highest BCUT2D eigenvalue weighted by Crippen LogP contribution is 2.22. The molecule has 0 N–H and O–H groups in total. The Labute approximate surface area is 108 Å². The van der Waals surface area contributed by atoms with E-state index in [0.29, 0.717) is 0 Å². The predicted octanol–water partition coefficient (Wildman–Crippen LogP) is 1.09. The molecule has 1 aromatic rings. The Hall–Kier alpha value is -1.65. The molecule has 0 saturated carbocycles. The molecular formula is C13H20N4O. The lowest BCUT2D eigenvalue weighted by Gasteiger charge is -2.33. The Bertz CT molecular complexity index is 433. The topological polar surface area (TPSA) is 49.3 Å². The van der Waals surface area contributed by atoms with Crippen LogP contribution in [0.5, 0.6) is 0 Å². The number of aromatic nitrogens is 2. The minimum atomic E-state index is 0.0871. The Balaban J connectivity index is 2.09. The zero-order valence-electron chi connectivity index (χ0n) is 11.3. The summed E-state index contributed by atoms with van der Waals surface area (Å²) in [6, 6.07) is 1.91. The molecule has 18 heavy (non-hydrogen) atoms. The third kappa shape index (κ3) is 2.78. The highest BCUT2D eigenvalue weighted by molar-refractivity contribution is 5.79. The van der Waals surface area contributed by atoms with Crippen molar-refractivity contribution in [3.63, 3.8) is 0 Å². The van der Waals surface area contributed by atoms with Gasteiger partial charge in [0.25, 0.3) is 0 Å². The standard InChI is InChI=1S/C13H20N4O/c1-10-14-7-6-12(15-10)17-8-4-5-11(9-17)13(18)16(2)3/h6-7,11H,4-5,8-9H2,1-3H3/t11-/m0/s1. The molecule has 0 unspecified atom stereocenters. The lowest BCUT2D eigenvalue weighted by molar-refractivity contribution is -0.133. The fraction of sp³-hybridized carbons (Fsp3) is 0.615. The minimum absolute atomic E-state index is 0.0871. The van der Waals surface area contributed by atoms with Crippen LogP contribution in [-0.4, -0.2) is 48.0 Å². The van der Waals surface area contributed by atoms with Gasteiger partial charge in [-0.3, -0.25) is 4.79 Å². The Morgan fingerprint density at radius 2 is 2.28 bits per heavy atom. The minimum Gasteiger partial charge on any atom is -0.356 e. The molecule has 5 nitrogen and oxygen atoms in total. The van der Waals surface area contributed by atoms with Gasteiger partial charge >= 0.3 is 0 Å². The molecule has 1 fully saturated rings. The number of carbonyl (C=O) groups is 1. The van der Waals surface area contributed by atoms with Gasteiger partial charge in [-0.2, -0.15) is 0 Å². The molecule has 1 aliphatic heterocycles. The zero-order valence-corrected chi connectivity index (χ0v) is 11.3. The van der Waals surface area contributed by atoms with Crippen LogP contribution in [-0.2, 0) is 4.79 Å². The van der Waals surface area contributed by atoms with Gasteiger partial charge in [-0.1, -0.05) is 0 Å². The molecule has 5 heteroatoms. The monoisotopic (exact) mass is 248 g/mol. The van der Waals surface area contributed by atoms with Gasteiger partial charge in [0.15, 0.2) is 0 Å². The molecule has 1 saturated heterocycles. The van der Waals surface area contributed by atoms with Gasteiger partial charge in [-0.25, -0.2) is 9.97 Å². The van der Waals surface area contributed by atoms with Crippen LogP contribution in [0.3, 0.4) is 0 Å². The predicted molar refractivity (Wildman–Crippen MR) is 70.4 cm³/mol. The summed E-state index contributed by atoms with van der Waals surface area (Å²) >= 11 is 0. The molecule has 0 radical (unpaired) electrons. The summed E-state index contributed by atoms with van der Waals surface area (Å²) in [5.41, 5.74) is 0. The molecule has 1 aromatic heterocycles. The first-order valence-corrected chi connectivity index (χ1v) is 6.33. The van der Waals surface area contributed by atoms with Crippen LogP contribution >= 0.6 is 0 Å². The van der Waals surface area contributed by atoms with Crippen LogP contribution in [0.15, 0.2) is 12.3 Å². The van der Waals surface area contributed by atoms with Gasteiger partial charge in [-0.15, -0.1) is 0 Å². The van der Waals surface area contributed by atoms with Crippen LogP contribution < -0.4 is 4.90 Å². The second kappa shape index (κ2) is 5.33. The fourth-order valence-corrected chi connectivity index (χ4v) is 2.37. The van der Waals surface area contributed by atoms with Crippen molar-refractivity contribution in [1.29, 1.82) is 0 Å². The van der Waals surface area contributed by atoms with Crippen LogP contribution in [0.2, 0.25) is 0 Å². The fourth-order valence-electron chi connectivity index (χ4n) is 2.37. The first-order valence-electron chi connectivity index (χ1n) is 6.33. The van der Waals surface area contributed by atoms with E-state index in [1.807, 2.05) is 27.1 Å². The highest BCUT2D eigenvalue weighted by Gasteiger charge is 2.27. The number of amides is 1. The summed E-state index contributed by atoms with van der Waals surface area (Å²) in [6.07, 6.45) is 3.78. The molecule has 0 bridgehead atoms. The number of nitrogens with zero attached hydrogens (tertiary/aromatic N) is 4. The van der Waals surface area contributed by atoms with Crippen LogP contribution in [0.1, 0.15) is 18.7 Å². The molecule has 0 aliphatic carbocycles. The van der Waals surface area contributed by atoms with Crippen molar-refractivity contribution in [3.05, 3.63) is 18.1 Å². The van der Waals surface area contributed by atoms with Gasteiger partial charge < -0.3 is 9.80 Å². The maximum atomic E-state index is 12.0. The van der Waals surface area contributed by atoms with Crippen molar-refractivity contribution in [1.82, 2.24) is 14.9 Å². The maximum Gasteiger partial charge on any atom is 0.226 e. The smallest absolute Gasteiger partial charge is 0.226 e. The first-order chi connectivity index (χ1) is 8.58. The lowest BCUT2D eigenvalue weighted by Crippen LogP contribution is -2.43. The van der Waals surface area contributed by atoms with Crippen molar-refractivity contribution in [2.24, 2.45) is 5.92 Å². The summed E-state index contributed by atoms with van der Waals surface area (Å²) in [4.78, 5) is 24.4. The second-order valence-electron chi connectivity index (χ2n) is 4.98. The number of piperidine rings is 1. The molecule has 0 spiro atoms. The normalized spacial score (nSPS) is 19.7. The Morgan fingerprint density at radius 1 is 1.50 bits per heavy atom. The summed E-state index contributed by atoms with van der Waals surface area (Å²) in [6.45, 7) is 3.61. The van der Waals surface area contributed by atoms with E-state index in [4.69, 9.17) is 0 Å². The molecular weight excluding hydrogens is 228 g/mol. The van der Waals surface area contributed by atoms with Gasteiger partial charge in [0.05, 0.1) is 5.92 Å². The van der Waals surface area contributed by atoms with E-state index < -0.39 is 0 Å². The zero-order chi connectivity index (χ0) is 13.1. The van der Waals surface area contributed by atoms with E-state index in [1.54, 1.807) is 11.1 Å². The highest BCUT2D eigenvalue weighted by atomic mass is 16.2. The average Bonchev–Trinajstić information content (AvgIpc) is 2.38. The van der Waals surface area contributed by atoms with Crippen molar-refractivity contribution < 1.29 is 4.79 Å². The third-order valence-electron chi connectivity index (χ3n) is 3.30. The summed E-state index contributed by atoms with van der Waals surface area (Å²) in [5.74, 6) is 2.00. The van der Waals surface area contributed by atoms with E-state index in [0.717, 1.165) is 37.6 Å². The van der Waals surface area contributed by atoms with E-state index in [2.05, 4.69) is 14.9 Å². The van der Waals surface area contributed by atoms with Crippen molar-refractivity contribution >= 4 is 11.7 Å². The Morgan fingerprint density at radius 3 is 2.94 bits per heavy atom. The van der Waals surface area contributed by atoms with E-state index >= 15 is 0 Å². The second-order valence-corrected chi connectivity index (χ2v) is 4.98. The van der Waals surface area contributed by atoms with Crippen LogP contribution in [0.4, 0.5) is 5.82 Å². The van der Waals surface area contributed by atoms with Crippen molar-refractivity contribution in [2.75, 3.05) is 32.1 Å².